The van der Waals surface area contributed by atoms with Crippen LogP contribution in [0.25, 0.3) is 0 Å². The zero-order valence-corrected chi connectivity index (χ0v) is 18.9. The Balaban J connectivity index is 1.35. The number of amides is 2. The molecule has 4 rings (SSSR count). The highest BCUT2D eigenvalue weighted by molar-refractivity contribution is 7.10. The fourth-order valence-electron chi connectivity index (χ4n) is 3.91. The van der Waals surface area contributed by atoms with E-state index in [2.05, 4.69) is 10.3 Å². The van der Waals surface area contributed by atoms with Gasteiger partial charge >= 0.3 is 0 Å². The maximum atomic E-state index is 13.0. The van der Waals surface area contributed by atoms with Gasteiger partial charge in [-0.2, -0.15) is 0 Å². The van der Waals surface area contributed by atoms with Crippen molar-refractivity contribution in [2.45, 2.75) is 44.9 Å². The highest BCUT2D eigenvalue weighted by atomic mass is 32.1. The van der Waals surface area contributed by atoms with E-state index in [-0.39, 0.29) is 17.9 Å². The topological polar surface area (TPSA) is 71.5 Å². The van der Waals surface area contributed by atoms with Crippen molar-refractivity contribution in [3.8, 4) is 5.75 Å². The van der Waals surface area contributed by atoms with Gasteiger partial charge in [-0.05, 0) is 61.0 Å². The first kappa shape index (κ1) is 22.0. The second-order valence-electron chi connectivity index (χ2n) is 7.91. The lowest BCUT2D eigenvalue weighted by molar-refractivity contribution is -0.138. The Hall–Kier alpha value is -3.19. The smallest absolute Gasteiger partial charge is 0.243 e. The van der Waals surface area contributed by atoms with Crippen LogP contribution in [-0.2, 0) is 22.6 Å². The van der Waals surface area contributed by atoms with Gasteiger partial charge in [-0.15, -0.1) is 11.3 Å². The van der Waals surface area contributed by atoms with E-state index >= 15 is 0 Å². The number of rotatable bonds is 8. The number of benzene rings is 1. The number of nitrogens with one attached hydrogen (secondary N) is 1. The number of carbonyl (C=O) groups is 2. The van der Waals surface area contributed by atoms with E-state index in [9.17, 15) is 9.59 Å². The summed E-state index contributed by atoms with van der Waals surface area (Å²) in [5.41, 5.74) is 1.80. The molecule has 2 unspecified atom stereocenters. The van der Waals surface area contributed by atoms with E-state index in [0.29, 0.717) is 26.0 Å². The average Bonchev–Trinajstić information content (AvgIpc) is 3.51. The van der Waals surface area contributed by atoms with Crippen LogP contribution in [0.3, 0.4) is 0 Å². The molecule has 6 nitrogen and oxygen atoms in total. The predicted molar refractivity (Wildman–Crippen MR) is 124 cm³/mol. The van der Waals surface area contributed by atoms with Crippen LogP contribution in [0.5, 0.6) is 5.75 Å². The van der Waals surface area contributed by atoms with E-state index in [1.165, 1.54) is 0 Å². The molecule has 1 N–H and O–H groups in total. The largest absolute Gasteiger partial charge is 0.487 e. The van der Waals surface area contributed by atoms with Gasteiger partial charge in [0.2, 0.25) is 11.8 Å². The second-order valence-corrected chi connectivity index (χ2v) is 8.95. The van der Waals surface area contributed by atoms with E-state index < -0.39 is 6.04 Å². The Morgan fingerprint density at radius 3 is 2.91 bits per heavy atom. The van der Waals surface area contributed by atoms with Gasteiger partial charge in [-0.1, -0.05) is 24.3 Å². The van der Waals surface area contributed by atoms with Gasteiger partial charge in [0, 0.05) is 17.6 Å². The molecule has 3 aromatic rings. The maximum absolute atomic E-state index is 13.0. The standard InChI is InChI=1S/C25H27N3O3S/c1-18(19-7-4-9-21(15-19)31-17-20-8-2-3-12-26-20)27-25(30)23-11-5-13-28(23)24(29)16-22-10-6-14-32-22/h2-4,6-10,12,14-15,18,23H,5,11,13,16-17H2,1H3,(H,27,30). The van der Waals surface area contributed by atoms with E-state index in [4.69, 9.17) is 4.74 Å². The Labute approximate surface area is 192 Å². The van der Waals surface area contributed by atoms with Crippen molar-refractivity contribution in [3.63, 3.8) is 0 Å². The van der Waals surface area contributed by atoms with Crippen molar-refractivity contribution < 1.29 is 14.3 Å². The van der Waals surface area contributed by atoms with E-state index in [1.807, 2.05) is 66.9 Å². The molecule has 2 amide bonds. The quantitative estimate of drug-likeness (QED) is 0.561. The summed E-state index contributed by atoms with van der Waals surface area (Å²) in [5.74, 6) is 0.639. The van der Waals surface area contributed by atoms with Crippen LogP contribution in [-0.4, -0.2) is 34.3 Å². The molecule has 7 heteroatoms. The third-order valence-corrected chi connectivity index (χ3v) is 6.49. The lowest BCUT2D eigenvalue weighted by Gasteiger charge is -2.25. The summed E-state index contributed by atoms with van der Waals surface area (Å²) >= 11 is 1.57. The van der Waals surface area contributed by atoms with Crippen LogP contribution >= 0.6 is 11.3 Å². The van der Waals surface area contributed by atoms with Gasteiger partial charge < -0.3 is 15.0 Å². The van der Waals surface area contributed by atoms with Crippen LogP contribution < -0.4 is 10.1 Å². The summed E-state index contributed by atoms with van der Waals surface area (Å²) in [4.78, 5) is 32.8. The molecular formula is C25H27N3O3S. The molecule has 0 radical (unpaired) electrons. The van der Waals surface area contributed by atoms with Crippen molar-refractivity contribution in [2.75, 3.05) is 6.54 Å². The molecule has 2 aromatic heterocycles. The van der Waals surface area contributed by atoms with Crippen LogP contribution in [0.15, 0.2) is 66.2 Å². The summed E-state index contributed by atoms with van der Waals surface area (Å²) in [7, 11) is 0. The molecule has 32 heavy (non-hydrogen) atoms. The van der Waals surface area contributed by atoms with Gasteiger partial charge in [0.1, 0.15) is 18.4 Å². The maximum Gasteiger partial charge on any atom is 0.243 e. The van der Waals surface area contributed by atoms with Gasteiger partial charge in [0.25, 0.3) is 0 Å². The molecule has 2 atom stereocenters. The first-order chi connectivity index (χ1) is 15.6. The number of carbonyl (C=O) groups excluding carboxylic acids is 2. The van der Waals surface area contributed by atoms with Crippen molar-refractivity contribution >= 4 is 23.2 Å². The summed E-state index contributed by atoms with van der Waals surface area (Å²) in [6.07, 6.45) is 3.64. The number of aromatic nitrogens is 1. The molecule has 166 valence electrons. The minimum Gasteiger partial charge on any atom is -0.487 e. The lowest BCUT2D eigenvalue weighted by atomic mass is 10.1. The molecule has 1 saturated heterocycles. The fraction of sp³-hybridized carbons (Fsp3) is 0.320. The van der Waals surface area contributed by atoms with Crippen molar-refractivity contribution in [2.24, 2.45) is 0 Å². The predicted octanol–water partition coefficient (Wildman–Crippen LogP) is 4.13. The summed E-state index contributed by atoms with van der Waals surface area (Å²) < 4.78 is 5.86. The fourth-order valence-corrected chi connectivity index (χ4v) is 4.60. The Morgan fingerprint density at radius 2 is 2.12 bits per heavy atom. The molecule has 0 saturated carbocycles. The summed E-state index contributed by atoms with van der Waals surface area (Å²) in [5, 5.41) is 5.05. The highest BCUT2D eigenvalue weighted by Crippen LogP contribution is 2.23. The molecule has 1 aliphatic rings. The zero-order valence-electron chi connectivity index (χ0n) is 18.1. The number of likely N-dealkylation sites (tertiary alicyclic amines) is 1. The number of thiophene rings is 1. The molecule has 3 heterocycles. The molecular weight excluding hydrogens is 422 g/mol. The molecule has 0 spiro atoms. The van der Waals surface area contributed by atoms with Crippen molar-refractivity contribution in [1.82, 2.24) is 15.2 Å². The van der Waals surface area contributed by atoms with E-state index in [0.717, 1.165) is 28.3 Å². The van der Waals surface area contributed by atoms with Crippen molar-refractivity contribution in [3.05, 3.63) is 82.3 Å². The number of pyridine rings is 1. The van der Waals surface area contributed by atoms with Crippen LogP contribution in [0.4, 0.5) is 0 Å². The van der Waals surface area contributed by atoms with E-state index in [1.54, 1.807) is 22.4 Å². The average molecular weight is 450 g/mol. The third-order valence-electron chi connectivity index (χ3n) is 5.61. The summed E-state index contributed by atoms with van der Waals surface area (Å²) in [6, 6.07) is 16.7. The molecule has 1 aromatic carbocycles. The SMILES string of the molecule is CC(NC(=O)C1CCCN1C(=O)Cc1cccs1)c1cccc(OCc2ccccn2)c1. The Kier molecular flexibility index (Phi) is 7.17. The Morgan fingerprint density at radius 1 is 1.22 bits per heavy atom. The minimum atomic E-state index is -0.409. The number of ether oxygens (including phenoxy) is 1. The molecule has 0 aliphatic carbocycles. The number of hydrogen-bond acceptors (Lipinski definition) is 5. The highest BCUT2D eigenvalue weighted by Gasteiger charge is 2.34. The molecule has 1 aliphatic heterocycles. The minimum absolute atomic E-state index is 0.0164. The second kappa shape index (κ2) is 10.4. The first-order valence-corrected chi connectivity index (χ1v) is 11.7. The number of nitrogens with zero attached hydrogens (tertiary/aromatic N) is 2. The zero-order chi connectivity index (χ0) is 22.3. The van der Waals surface area contributed by atoms with Gasteiger partial charge in [0.15, 0.2) is 0 Å². The number of hydrogen-bond donors (Lipinski definition) is 1. The van der Waals surface area contributed by atoms with Crippen LogP contribution in [0.2, 0.25) is 0 Å². The van der Waals surface area contributed by atoms with Gasteiger partial charge in [0.05, 0.1) is 18.2 Å². The van der Waals surface area contributed by atoms with Gasteiger partial charge in [-0.3, -0.25) is 14.6 Å². The summed E-state index contributed by atoms with van der Waals surface area (Å²) in [6.45, 7) is 2.96. The van der Waals surface area contributed by atoms with Gasteiger partial charge in [-0.25, -0.2) is 0 Å². The lowest BCUT2D eigenvalue weighted by Crippen LogP contribution is -2.46. The first-order valence-electron chi connectivity index (χ1n) is 10.8. The van der Waals surface area contributed by atoms with Crippen LogP contribution in [0.1, 0.15) is 41.9 Å². The van der Waals surface area contributed by atoms with Crippen LogP contribution in [0, 0.1) is 0 Å². The molecule has 0 bridgehead atoms. The molecule has 1 fully saturated rings. The third kappa shape index (κ3) is 5.53. The monoisotopic (exact) mass is 449 g/mol. The normalized spacial score (nSPS) is 16.5. The Bertz CT molecular complexity index is 1040. The van der Waals surface area contributed by atoms with Crippen molar-refractivity contribution in [1.29, 1.82) is 0 Å².